The third-order valence-corrected chi connectivity index (χ3v) is 22.9. The van der Waals surface area contributed by atoms with Crippen LogP contribution in [0.2, 0.25) is 0 Å². The lowest BCUT2D eigenvalue weighted by molar-refractivity contribution is 0.590. The number of nitrogens with zero attached hydrogens (tertiary/aromatic N) is 11. The van der Waals surface area contributed by atoms with Crippen molar-refractivity contribution in [3.8, 4) is 114 Å². The first-order chi connectivity index (χ1) is 52.8. The maximum absolute atomic E-state index is 5.62. The summed E-state index contributed by atoms with van der Waals surface area (Å²) in [5, 5.41) is 4.25. The summed E-state index contributed by atoms with van der Waals surface area (Å²) < 4.78 is 5.03. The largest absolute Gasteiger partial charge is 0.310 e. The second-order valence-electron chi connectivity index (χ2n) is 36.8. The van der Waals surface area contributed by atoms with Crippen molar-refractivity contribution in [1.29, 1.82) is 0 Å². The van der Waals surface area contributed by atoms with Gasteiger partial charge < -0.3 is 9.13 Å². The Morgan fingerprint density at radius 2 is 0.459 bits per heavy atom. The minimum absolute atomic E-state index is 0.0467. The second-order valence-corrected chi connectivity index (χ2v) is 36.8. The summed E-state index contributed by atoms with van der Waals surface area (Å²) in [7, 11) is 0. The monoisotopic (exact) mass is 1450 g/mol. The normalized spacial score (nSPS) is 13.1. The number of para-hydroxylation sites is 2. The molecule has 0 unspecified atom stereocenters. The van der Waals surface area contributed by atoms with Gasteiger partial charge in [-0.1, -0.05) is 331 Å². The number of hydrogen-bond donors (Lipinski definition) is 0. The summed E-state index contributed by atoms with van der Waals surface area (Å²) >= 11 is 0. The highest BCUT2D eigenvalue weighted by Crippen LogP contribution is 2.46. The van der Waals surface area contributed by atoms with Gasteiger partial charge in [-0.05, 0) is 107 Å². The molecule has 18 rings (SSSR count). The molecule has 0 aliphatic carbocycles. The van der Waals surface area contributed by atoms with E-state index in [-0.39, 0.29) is 39.2 Å². The highest BCUT2D eigenvalue weighted by atomic mass is 15.1. The molecule has 0 saturated carbocycles. The number of aromatic nitrogens is 11. The molecule has 5 aromatic heterocycles. The van der Waals surface area contributed by atoms with Gasteiger partial charge in [-0.2, -0.15) is 0 Å². The molecule has 7 heterocycles. The van der Waals surface area contributed by atoms with E-state index in [2.05, 4.69) is 364 Å². The fourth-order valence-electron chi connectivity index (χ4n) is 16.5. The zero-order valence-electron chi connectivity index (χ0n) is 66.9. The number of rotatable bonds is 9. The van der Waals surface area contributed by atoms with Gasteiger partial charge in [-0.15, -0.1) is 0 Å². The van der Waals surface area contributed by atoms with Crippen LogP contribution in [0.3, 0.4) is 0 Å². The van der Waals surface area contributed by atoms with Crippen LogP contribution < -0.4 is 16.4 Å². The maximum atomic E-state index is 5.62. The van der Waals surface area contributed by atoms with Crippen molar-refractivity contribution in [2.45, 2.75) is 157 Å². The molecule has 12 heteroatoms. The van der Waals surface area contributed by atoms with Gasteiger partial charge >= 0.3 is 0 Å². The predicted molar refractivity (Wildman–Crippen MR) is 461 cm³/mol. The van der Waals surface area contributed by atoms with Crippen LogP contribution in [0, 0.1) is 0 Å². The van der Waals surface area contributed by atoms with E-state index in [4.69, 9.17) is 44.9 Å². The molecular weight excluding hydrogens is 1350 g/mol. The first-order valence-corrected chi connectivity index (χ1v) is 39.0. The average molecular weight is 1450 g/mol. The van der Waals surface area contributed by atoms with Crippen molar-refractivity contribution in [3.05, 3.63) is 264 Å². The second kappa shape index (κ2) is 25.3. The molecular formula is C99H92BN11. The van der Waals surface area contributed by atoms with E-state index >= 15 is 0 Å². The van der Waals surface area contributed by atoms with E-state index in [9.17, 15) is 0 Å². The Bertz CT molecular complexity index is 5910. The van der Waals surface area contributed by atoms with E-state index in [1.165, 1.54) is 38.8 Å². The molecule has 2 aliphatic rings. The van der Waals surface area contributed by atoms with Crippen LogP contribution in [0.5, 0.6) is 0 Å². The maximum Gasteiger partial charge on any atom is 0.252 e. The summed E-state index contributed by atoms with van der Waals surface area (Å²) in [6.45, 7) is 40.2. The van der Waals surface area contributed by atoms with Crippen molar-refractivity contribution < 1.29 is 0 Å². The van der Waals surface area contributed by atoms with Crippen LogP contribution in [-0.4, -0.2) is 60.7 Å². The Hall–Kier alpha value is -11.9. The van der Waals surface area contributed by atoms with Gasteiger partial charge in [-0.3, -0.25) is 0 Å². The molecule has 0 N–H and O–H groups in total. The Kier molecular flexibility index (Phi) is 16.2. The minimum atomic E-state index is -0.294. The molecule has 546 valence electrons. The summed E-state index contributed by atoms with van der Waals surface area (Å²) in [6.07, 6.45) is 0. The van der Waals surface area contributed by atoms with Gasteiger partial charge in [0, 0.05) is 83.0 Å². The van der Waals surface area contributed by atoms with E-state index < -0.39 is 0 Å². The Morgan fingerprint density at radius 1 is 0.234 bits per heavy atom. The average Bonchev–Trinajstić information content (AvgIpc) is 1.54. The Morgan fingerprint density at radius 3 is 0.703 bits per heavy atom. The predicted octanol–water partition coefficient (Wildman–Crippen LogP) is 22.4. The zero-order valence-corrected chi connectivity index (χ0v) is 66.9. The molecule has 11 aromatic carbocycles. The lowest BCUT2D eigenvalue weighted by Crippen LogP contribution is -2.59. The van der Waals surface area contributed by atoms with Crippen molar-refractivity contribution in [1.82, 2.24) is 54.0 Å². The molecule has 0 saturated heterocycles. The molecule has 0 atom stereocenters. The van der Waals surface area contributed by atoms with Gasteiger partial charge in [0.15, 0.2) is 52.4 Å². The summed E-state index contributed by atoms with van der Waals surface area (Å²) in [6, 6.07) is 84.2. The summed E-state index contributed by atoms with van der Waals surface area (Å²) in [5.74, 6) is 5.31. The van der Waals surface area contributed by atoms with Crippen molar-refractivity contribution in [2.24, 2.45) is 0 Å². The van der Waals surface area contributed by atoms with Gasteiger partial charge in [-0.25, -0.2) is 44.9 Å². The van der Waals surface area contributed by atoms with E-state index in [1.807, 2.05) is 0 Å². The molecule has 11 nitrogen and oxygen atoms in total. The van der Waals surface area contributed by atoms with Crippen LogP contribution in [0.25, 0.3) is 157 Å². The number of benzene rings is 11. The van der Waals surface area contributed by atoms with Gasteiger partial charge in [0.1, 0.15) is 0 Å². The van der Waals surface area contributed by atoms with E-state index in [0.29, 0.717) is 52.4 Å². The highest BCUT2D eigenvalue weighted by molar-refractivity contribution is 7.00. The highest BCUT2D eigenvalue weighted by Gasteiger charge is 2.43. The minimum Gasteiger partial charge on any atom is -0.310 e. The standard InChI is InChI=1S/C99H92BN11/c1-94(2,3)64-39-27-57(28-40-64)85-101-86(58-29-41-65(42-30-58)95(4,5)6)105-91(104-85)63-55-78-82-79(56-63)111-77-26-22-20-24-71(77)81-73(93-108-89(61-35-47-68(48-36-61)98(13,14)15)103-90(109-93)62-37-49-69(50-38-62)99(16,17)18)52-54-75(84(81)111)100(82)74-53-51-72(80-70-23-19-21-25-76(70)110(78)83(74)80)92-106-87(59-31-43-66(44-32-59)96(7,8)9)102-88(107-92)60-33-45-67(46-34-60)97(10,11)12/h19-56H,1-18H3. The first-order valence-electron chi connectivity index (χ1n) is 39.0. The topological polar surface area (TPSA) is 126 Å². The van der Waals surface area contributed by atoms with Crippen molar-refractivity contribution in [3.63, 3.8) is 0 Å². The van der Waals surface area contributed by atoms with Crippen LogP contribution in [0.1, 0.15) is 158 Å². The Labute approximate surface area is 651 Å². The number of hydrogen-bond acceptors (Lipinski definition) is 9. The van der Waals surface area contributed by atoms with Gasteiger partial charge in [0.05, 0.1) is 22.1 Å². The van der Waals surface area contributed by atoms with Crippen LogP contribution in [0.4, 0.5) is 0 Å². The lowest BCUT2D eigenvalue weighted by atomic mass is 9.34. The third kappa shape index (κ3) is 12.2. The number of fused-ring (bicyclic) bond motifs is 10. The molecule has 0 radical (unpaired) electrons. The molecule has 0 bridgehead atoms. The van der Waals surface area contributed by atoms with Crippen LogP contribution in [0.15, 0.2) is 231 Å². The zero-order chi connectivity index (χ0) is 77.3. The van der Waals surface area contributed by atoms with Gasteiger partial charge in [0.25, 0.3) is 6.71 Å². The van der Waals surface area contributed by atoms with E-state index in [0.717, 1.165) is 116 Å². The third-order valence-electron chi connectivity index (χ3n) is 22.9. The molecule has 16 aromatic rings. The quantitative estimate of drug-likeness (QED) is 0.130. The molecule has 0 spiro atoms. The lowest BCUT2D eigenvalue weighted by Gasteiger charge is -2.34. The van der Waals surface area contributed by atoms with Crippen LogP contribution in [-0.2, 0) is 32.5 Å². The molecule has 2 aliphatic heterocycles. The van der Waals surface area contributed by atoms with Crippen molar-refractivity contribution >= 4 is 66.7 Å². The fourth-order valence-corrected chi connectivity index (χ4v) is 16.5. The summed E-state index contributed by atoms with van der Waals surface area (Å²) in [4.78, 5) is 49.7. The smallest absolute Gasteiger partial charge is 0.252 e. The fraction of sp³-hybridized carbons (Fsp3) is 0.242. The van der Waals surface area contributed by atoms with E-state index in [1.54, 1.807) is 0 Å². The SMILES string of the molecule is CC(C)(C)c1ccc(-c2nc(-c3ccc(C(C)(C)C)cc3)nc(-c3cc4c5c(c3)-n3c6ccccc6c6c(-c7nc(-c8ccc(C(C)(C)C)cc8)nc(-c8ccc(C(C)(C)C)cc8)n7)ccc(c63)B5c3ccc(-c5nc(-c6ccc(C(C)(C)C)cc6)nc(-c6ccc(C(C)(C)C)cc6)n5)c5c6ccccc6n-4c35)n2)cc1. The Balaban J connectivity index is 0.930. The molecule has 0 fully saturated rings. The van der Waals surface area contributed by atoms with Crippen LogP contribution >= 0.6 is 0 Å². The van der Waals surface area contributed by atoms with Gasteiger partial charge in [0.2, 0.25) is 0 Å². The summed E-state index contributed by atoms with van der Waals surface area (Å²) in [5.41, 5.74) is 24.9. The molecule has 0 amide bonds. The first kappa shape index (κ1) is 70.8. The molecule has 111 heavy (non-hydrogen) atoms. The van der Waals surface area contributed by atoms with Crippen molar-refractivity contribution in [2.75, 3.05) is 0 Å².